The van der Waals surface area contributed by atoms with Crippen LogP contribution < -0.4 is 18.5 Å². The first-order valence-electron chi connectivity index (χ1n) is 8.58. The summed E-state index contributed by atoms with van der Waals surface area (Å²) >= 11 is 0. The van der Waals surface area contributed by atoms with Gasteiger partial charge in [-0.25, -0.2) is 9.03 Å². The number of carbonyl (C=O) groups excluding carboxylic acids is 1. The van der Waals surface area contributed by atoms with Gasteiger partial charge in [0.15, 0.2) is 0 Å². The zero-order valence-corrected chi connectivity index (χ0v) is 15.9. The molecule has 1 amide bonds. The number of carbonyl (C=O) groups is 1. The van der Waals surface area contributed by atoms with E-state index < -0.39 is 16.1 Å². The summed E-state index contributed by atoms with van der Waals surface area (Å²) in [5.41, 5.74) is 1.25. The summed E-state index contributed by atoms with van der Waals surface area (Å²) in [6.45, 7) is -0.0235. The van der Waals surface area contributed by atoms with Crippen molar-refractivity contribution in [3.05, 3.63) is 66.2 Å². The van der Waals surface area contributed by atoms with E-state index in [4.69, 9.17) is 9.47 Å². The molecule has 0 spiro atoms. The molecule has 1 saturated heterocycles. The maximum atomic E-state index is 12.4. The van der Waals surface area contributed by atoms with Gasteiger partial charge in [0, 0.05) is 0 Å². The van der Waals surface area contributed by atoms with Crippen LogP contribution in [0.4, 0.5) is 5.69 Å². The van der Waals surface area contributed by atoms with Crippen LogP contribution in [-0.2, 0) is 21.6 Å². The molecule has 1 fully saturated rings. The lowest BCUT2D eigenvalue weighted by Crippen LogP contribution is -2.29. The van der Waals surface area contributed by atoms with Crippen molar-refractivity contribution in [2.24, 2.45) is 0 Å². The number of amides is 1. The van der Waals surface area contributed by atoms with E-state index in [2.05, 4.69) is 0 Å². The van der Waals surface area contributed by atoms with Gasteiger partial charge in [-0.2, -0.15) is 8.42 Å². The van der Waals surface area contributed by atoms with Crippen molar-refractivity contribution < 1.29 is 22.7 Å². The Labute approximate surface area is 162 Å². The van der Waals surface area contributed by atoms with E-state index in [1.54, 1.807) is 25.3 Å². The van der Waals surface area contributed by atoms with Gasteiger partial charge in [0.2, 0.25) is 0 Å². The van der Waals surface area contributed by atoms with E-state index in [-0.39, 0.29) is 13.2 Å². The van der Waals surface area contributed by atoms with Crippen LogP contribution in [0.3, 0.4) is 0 Å². The van der Waals surface area contributed by atoms with Crippen molar-refractivity contribution in [2.75, 3.05) is 18.0 Å². The van der Waals surface area contributed by atoms with Crippen molar-refractivity contribution >= 4 is 32.6 Å². The Hall–Kier alpha value is -3.26. The van der Waals surface area contributed by atoms with Crippen molar-refractivity contribution in [2.45, 2.75) is 6.61 Å². The first-order chi connectivity index (χ1) is 13.5. The highest BCUT2D eigenvalue weighted by atomic mass is 32.2. The predicted molar refractivity (Wildman–Crippen MR) is 106 cm³/mol. The summed E-state index contributed by atoms with van der Waals surface area (Å²) in [7, 11) is -2.39. The van der Waals surface area contributed by atoms with Crippen molar-refractivity contribution in [3.8, 4) is 11.5 Å². The maximum absolute atomic E-state index is 12.4. The molecule has 0 aromatic heterocycles. The summed E-state index contributed by atoms with van der Waals surface area (Å²) in [5, 5.41) is 1.64. The molecule has 0 atom stereocenters. The van der Waals surface area contributed by atoms with Crippen LogP contribution >= 0.6 is 0 Å². The fraction of sp³-hybridized carbons (Fsp3) is 0.150. The Morgan fingerprint density at radius 3 is 2.50 bits per heavy atom. The molecule has 3 aromatic rings. The van der Waals surface area contributed by atoms with Crippen LogP contribution in [-0.4, -0.2) is 28.0 Å². The van der Waals surface area contributed by atoms with Gasteiger partial charge < -0.3 is 9.47 Å². The number of hydrogen-bond donors (Lipinski definition) is 1. The van der Waals surface area contributed by atoms with E-state index in [1.807, 2.05) is 47.2 Å². The Morgan fingerprint density at radius 2 is 1.82 bits per heavy atom. The van der Waals surface area contributed by atoms with Gasteiger partial charge in [0.25, 0.3) is 5.91 Å². The van der Waals surface area contributed by atoms with Gasteiger partial charge >= 0.3 is 10.2 Å². The topological polar surface area (TPSA) is 84.9 Å². The zero-order chi connectivity index (χ0) is 19.7. The number of benzene rings is 3. The fourth-order valence-electron chi connectivity index (χ4n) is 3.08. The molecule has 0 radical (unpaired) electrons. The first kappa shape index (κ1) is 18.1. The molecule has 0 saturated carbocycles. The number of nitrogens with one attached hydrogen (secondary N) is 1. The summed E-state index contributed by atoms with van der Waals surface area (Å²) < 4.78 is 39.0. The minimum absolute atomic E-state index is 0.269. The molecule has 4 rings (SSSR count). The normalized spacial score (nSPS) is 15.5. The standard InChI is InChI=1S/C20H18N2O5S/c1-26-17-8-7-15-11-19(27-13-14-5-3-2-4-6-14)18(10-16(15)9-17)22-12-20(23)21-28(22,24)25/h2-11H,12-13H2,1H3,(H,21,23). The minimum Gasteiger partial charge on any atom is -0.497 e. The molecule has 1 heterocycles. The Kier molecular flexibility index (Phi) is 4.56. The number of anilines is 1. The Morgan fingerprint density at radius 1 is 1.04 bits per heavy atom. The second kappa shape index (κ2) is 7.05. The van der Waals surface area contributed by atoms with Crippen molar-refractivity contribution in [1.82, 2.24) is 4.72 Å². The van der Waals surface area contributed by atoms with Gasteiger partial charge in [0.1, 0.15) is 24.7 Å². The molecule has 0 bridgehead atoms. The van der Waals surface area contributed by atoms with Gasteiger partial charge in [-0.1, -0.05) is 36.4 Å². The highest BCUT2D eigenvalue weighted by Crippen LogP contribution is 2.37. The van der Waals surface area contributed by atoms with Crippen LogP contribution in [0.5, 0.6) is 11.5 Å². The number of fused-ring (bicyclic) bond motifs is 1. The summed E-state index contributed by atoms with van der Waals surface area (Å²) in [4.78, 5) is 11.7. The average Bonchev–Trinajstić information content (AvgIpc) is 2.97. The monoisotopic (exact) mass is 398 g/mol. The second-order valence-electron chi connectivity index (χ2n) is 6.34. The quantitative estimate of drug-likeness (QED) is 0.714. The van der Waals surface area contributed by atoms with E-state index in [1.165, 1.54) is 0 Å². The third-order valence-corrected chi connectivity index (χ3v) is 5.84. The molecule has 0 aliphatic carbocycles. The first-order valence-corrected chi connectivity index (χ1v) is 10.0. The van der Waals surface area contributed by atoms with Gasteiger partial charge in [-0.3, -0.25) is 4.79 Å². The highest BCUT2D eigenvalue weighted by molar-refractivity contribution is 7.92. The number of rotatable bonds is 5. The maximum Gasteiger partial charge on any atom is 0.326 e. The van der Waals surface area contributed by atoms with Crippen LogP contribution in [0.2, 0.25) is 0 Å². The molecular weight excluding hydrogens is 380 g/mol. The molecule has 144 valence electrons. The molecule has 1 N–H and O–H groups in total. The van der Waals surface area contributed by atoms with Crippen LogP contribution in [0, 0.1) is 0 Å². The third kappa shape index (κ3) is 3.46. The summed E-state index contributed by atoms with van der Waals surface area (Å²) in [6, 6.07) is 18.5. The predicted octanol–water partition coefficient (Wildman–Crippen LogP) is 2.61. The fourth-order valence-corrected chi connectivity index (χ4v) is 4.23. The molecule has 7 nitrogen and oxygen atoms in total. The third-order valence-electron chi connectivity index (χ3n) is 4.45. The van der Waals surface area contributed by atoms with Crippen LogP contribution in [0.15, 0.2) is 60.7 Å². The summed E-state index contributed by atoms with van der Waals surface area (Å²) in [6.07, 6.45) is 0. The van der Waals surface area contributed by atoms with E-state index >= 15 is 0 Å². The molecular formula is C20H18N2O5S. The van der Waals surface area contributed by atoms with Gasteiger partial charge in [-0.15, -0.1) is 0 Å². The lowest BCUT2D eigenvalue weighted by atomic mass is 10.1. The lowest BCUT2D eigenvalue weighted by Gasteiger charge is -2.20. The average molecular weight is 398 g/mol. The smallest absolute Gasteiger partial charge is 0.326 e. The minimum atomic E-state index is -3.96. The molecule has 3 aromatic carbocycles. The molecule has 0 unspecified atom stereocenters. The van der Waals surface area contributed by atoms with Crippen LogP contribution in [0.25, 0.3) is 10.8 Å². The van der Waals surface area contributed by atoms with Crippen molar-refractivity contribution in [1.29, 1.82) is 0 Å². The SMILES string of the molecule is COc1ccc2cc(OCc3ccccc3)c(N3CC(=O)NS3(=O)=O)cc2c1. The largest absolute Gasteiger partial charge is 0.497 e. The molecule has 1 aliphatic rings. The molecule has 8 heteroatoms. The zero-order valence-electron chi connectivity index (χ0n) is 15.1. The highest BCUT2D eigenvalue weighted by Gasteiger charge is 2.36. The number of ether oxygens (including phenoxy) is 2. The number of hydrogen-bond acceptors (Lipinski definition) is 5. The van der Waals surface area contributed by atoms with Crippen LogP contribution in [0.1, 0.15) is 5.56 Å². The summed E-state index contributed by atoms with van der Waals surface area (Å²) in [5.74, 6) is 0.441. The molecule has 1 aliphatic heterocycles. The Bertz CT molecular complexity index is 1150. The Balaban J connectivity index is 1.80. The second-order valence-corrected chi connectivity index (χ2v) is 7.94. The van der Waals surface area contributed by atoms with Gasteiger partial charge in [-0.05, 0) is 40.6 Å². The lowest BCUT2D eigenvalue weighted by molar-refractivity contribution is -0.117. The number of nitrogens with zero attached hydrogens (tertiary/aromatic N) is 1. The van der Waals surface area contributed by atoms with E-state index in [9.17, 15) is 13.2 Å². The van der Waals surface area contributed by atoms with E-state index in [0.717, 1.165) is 20.6 Å². The number of methoxy groups -OCH3 is 1. The molecule has 28 heavy (non-hydrogen) atoms. The van der Waals surface area contributed by atoms with Gasteiger partial charge in [0.05, 0.1) is 12.8 Å². The van der Waals surface area contributed by atoms with E-state index in [0.29, 0.717) is 17.2 Å². The van der Waals surface area contributed by atoms with Crippen molar-refractivity contribution in [3.63, 3.8) is 0 Å².